The first kappa shape index (κ1) is 16.2. The molecule has 0 radical (unpaired) electrons. The molecule has 0 spiro atoms. The van der Waals surface area contributed by atoms with Gasteiger partial charge in [0.25, 0.3) is 0 Å². The lowest BCUT2D eigenvalue weighted by atomic mass is 10.2. The van der Waals surface area contributed by atoms with Crippen LogP contribution in [0, 0.1) is 0 Å². The Kier molecular flexibility index (Phi) is 8.89. The fourth-order valence-corrected chi connectivity index (χ4v) is 1.72. The Hall–Kier alpha value is -0.750. The summed E-state index contributed by atoms with van der Waals surface area (Å²) >= 11 is 1.60. The van der Waals surface area contributed by atoms with Crippen molar-refractivity contribution in [3.63, 3.8) is 0 Å². The summed E-state index contributed by atoms with van der Waals surface area (Å²) in [5, 5.41) is 11.7. The summed E-state index contributed by atoms with van der Waals surface area (Å²) in [5.41, 5.74) is 0. The Morgan fingerprint density at radius 1 is 1.47 bits per heavy atom. The number of esters is 1. The van der Waals surface area contributed by atoms with Gasteiger partial charge in [-0.3, -0.25) is 4.79 Å². The normalized spacial score (nSPS) is 13.9. The molecular weight excluding hydrogens is 242 g/mol. The van der Waals surface area contributed by atoms with E-state index in [-0.39, 0.29) is 12.3 Å². The zero-order valence-electron chi connectivity index (χ0n) is 10.6. The molecule has 0 saturated heterocycles. The van der Waals surface area contributed by atoms with Crippen LogP contribution in [0.3, 0.4) is 0 Å². The maximum Gasteiger partial charge on any atom is 0.328 e. The van der Waals surface area contributed by atoms with Crippen molar-refractivity contribution >= 4 is 23.6 Å². The minimum Gasteiger partial charge on any atom is -0.464 e. The average Bonchev–Trinajstić information content (AvgIpc) is 2.23. The van der Waals surface area contributed by atoms with Gasteiger partial charge in [-0.05, 0) is 32.3 Å². The van der Waals surface area contributed by atoms with Crippen LogP contribution in [0.2, 0.25) is 0 Å². The van der Waals surface area contributed by atoms with E-state index in [1.54, 1.807) is 18.7 Å². The van der Waals surface area contributed by atoms with Gasteiger partial charge in [0.2, 0.25) is 5.91 Å². The molecule has 100 valence electrons. The third kappa shape index (κ3) is 8.04. The van der Waals surface area contributed by atoms with Gasteiger partial charge in [0.05, 0.1) is 19.1 Å². The van der Waals surface area contributed by atoms with Crippen LogP contribution in [0.25, 0.3) is 0 Å². The molecule has 1 amide bonds. The largest absolute Gasteiger partial charge is 0.464 e. The van der Waals surface area contributed by atoms with E-state index < -0.39 is 18.1 Å². The van der Waals surface area contributed by atoms with E-state index >= 15 is 0 Å². The van der Waals surface area contributed by atoms with E-state index in [2.05, 4.69) is 5.32 Å². The van der Waals surface area contributed by atoms with Gasteiger partial charge in [-0.2, -0.15) is 11.8 Å². The van der Waals surface area contributed by atoms with Gasteiger partial charge in [0, 0.05) is 0 Å². The second-order valence-corrected chi connectivity index (χ2v) is 4.69. The van der Waals surface area contributed by atoms with E-state index in [1.165, 1.54) is 6.92 Å². The van der Waals surface area contributed by atoms with Gasteiger partial charge in [0.15, 0.2) is 0 Å². The number of hydrogen-bond donors (Lipinski definition) is 2. The zero-order chi connectivity index (χ0) is 13.3. The van der Waals surface area contributed by atoms with Crippen molar-refractivity contribution in [3.05, 3.63) is 0 Å². The minimum atomic E-state index is -0.710. The summed E-state index contributed by atoms with van der Waals surface area (Å²) < 4.78 is 4.88. The molecule has 0 heterocycles. The highest BCUT2D eigenvalue weighted by atomic mass is 32.2. The summed E-state index contributed by atoms with van der Waals surface area (Å²) in [5.74, 6) is 0.0120. The highest BCUT2D eigenvalue weighted by molar-refractivity contribution is 7.98. The molecule has 0 aliphatic carbocycles. The fraction of sp³-hybridized carbons (Fsp3) is 0.818. The lowest BCUT2D eigenvalue weighted by Crippen LogP contribution is -2.43. The standard InChI is InChI=1S/C11H21NO4S/c1-4-16-11(15)9(5-6-17-3)12-10(14)7-8(2)13/h8-9,13H,4-7H2,1-3H3,(H,12,14)/t8?,9-/m0/s1. The van der Waals surface area contributed by atoms with Crippen molar-refractivity contribution in [1.82, 2.24) is 5.32 Å². The molecule has 2 atom stereocenters. The van der Waals surface area contributed by atoms with Gasteiger partial charge < -0.3 is 15.2 Å². The van der Waals surface area contributed by atoms with Crippen LogP contribution >= 0.6 is 11.8 Å². The molecule has 2 N–H and O–H groups in total. The molecule has 0 fully saturated rings. The molecule has 17 heavy (non-hydrogen) atoms. The zero-order valence-corrected chi connectivity index (χ0v) is 11.4. The molecule has 1 unspecified atom stereocenters. The molecule has 6 heteroatoms. The van der Waals surface area contributed by atoms with Gasteiger partial charge in [-0.15, -0.1) is 0 Å². The van der Waals surface area contributed by atoms with Gasteiger partial charge in [-0.1, -0.05) is 0 Å². The predicted molar refractivity (Wildman–Crippen MR) is 67.9 cm³/mol. The number of amides is 1. The number of ether oxygens (including phenoxy) is 1. The number of rotatable bonds is 8. The van der Waals surface area contributed by atoms with Gasteiger partial charge in [-0.25, -0.2) is 4.79 Å². The molecule has 0 rings (SSSR count). The Bertz CT molecular complexity index is 246. The average molecular weight is 263 g/mol. The third-order valence-electron chi connectivity index (χ3n) is 2.00. The number of carbonyl (C=O) groups excluding carboxylic acids is 2. The summed E-state index contributed by atoms with van der Waals surface area (Å²) in [4.78, 5) is 23.0. The molecule has 0 bridgehead atoms. The molecule has 0 aliphatic rings. The van der Waals surface area contributed by atoms with Gasteiger partial charge in [0.1, 0.15) is 6.04 Å². The first-order valence-electron chi connectivity index (χ1n) is 5.64. The molecule has 0 aromatic rings. The molecule has 0 aliphatic heterocycles. The maximum absolute atomic E-state index is 11.6. The topological polar surface area (TPSA) is 75.6 Å². The second-order valence-electron chi connectivity index (χ2n) is 3.71. The number of nitrogens with one attached hydrogen (secondary N) is 1. The number of hydrogen-bond acceptors (Lipinski definition) is 5. The highest BCUT2D eigenvalue weighted by Gasteiger charge is 2.21. The Morgan fingerprint density at radius 3 is 2.59 bits per heavy atom. The molecule has 0 saturated carbocycles. The number of aliphatic hydroxyl groups excluding tert-OH is 1. The minimum absolute atomic E-state index is 0.00479. The lowest BCUT2D eigenvalue weighted by molar-refractivity contribution is -0.147. The quantitative estimate of drug-likeness (QED) is 0.626. The smallest absolute Gasteiger partial charge is 0.328 e. The monoisotopic (exact) mass is 263 g/mol. The summed E-state index contributed by atoms with van der Waals surface area (Å²) in [6.45, 7) is 3.54. The summed E-state index contributed by atoms with van der Waals surface area (Å²) in [6, 6.07) is -0.617. The van der Waals surface area contributed by atoms with Gasteiger partial charge >= 0.3 is 5.97 Å². The van der Waals surface area contributed by atoms with Crippen molar-refractivity contribution in [1.29, 1.82) is 0 Å². The van der Waals surface area contributed by atoms with Crippen LogP contribution in [0.1, 0.15) is 26.7 Å². The predicted octanol–water partition coefficient (Wildman–Crippen LogP) is 0.558. The van der Waals surface area contributed by atoms with Crippen LogP contribution in [0.15, 0.2) is 0 Å². The third-order valence-corrected chi connectivity index (χ3v) is 2.64. The van der Waals surface area contributed by atoms with Crippen molar-refractivity contribution < 1.29 is 19.4 Å². The second kappa shape index (κ2) is 9.30. The maximum atomic E-state index is 11.6. The molecular formula is C11H21NO4S. The van der Waals surface area contributed by atoms with Crippen molar-refractivity contribution in [2.45, 2.75) is 38.8 Å². The lowest BCUT2D eigenvalue weighted by Gasteiger charge is -2.17. The SMILES string of the molecule is CCOC(=O)[C@H](CCSC)NC(=O)CC(C)O. The molecule has 5 nitrogen and oxygen atoms in total. The fourth-order valence-electron chi connectivity index (χ4n) is 1.25. The Labute approximate surface area is 106 Å². The number of carbonyl (C=O) groups is 2. The van der Waals surface area contributed by atoms with Crippen LogP contribution < -0.4 is 5.32 Å². The summed E-state index contributed by atoms with van der Waals surface area (Å²) in [7, 11) is 0. The van der Waals surface area contributed by atoms with Crippen LogP contribution in [0.4, 0.5) is 0 Å². The number of thioether (sulfide) groups is 1. The van der Waals surface area contributed by atoms with Crippen LogP contribution in [-0.4, -0.2) is 47.7 Å². The molecule has 0 aromatic carbocycles. The van der Waals surface area contributed by atoms with Crippen molar-refractivity contribution in [2.24, 2.45) is 0 Å². The summed E-state index contributed by atoms with van der Waals surface area (Å²) in [6.07, 6.45) is 1.75. The van der Waals surface area contributed by atoms with E-state index in [4.69, 9.17) is 9.84 Å². The van der Waals surface area contributed by atoms with Crippen LogP contribution in [0.5, 0.6) is 0 Å². The molecule has 0 aromatic heterocycles. The van der Waals surface area contributed by atoms with E-state index in [0.29, 0.717) is 13.0 Å². The van der Waals surface area contributed by atoms with E-state index in [9.17, 15) is 9.59 Å². The first-order valence-corrected chi connectivity index (χ1v) is 7.03. The van der Waals surface area contributed by atoms with Crippen molar-refractivity contribution in [3.8, 4) is 0 Å². The Balaban J connectivity index is 4.26. The number of aliphatic hydroxyl groups is 1. The van der Waals surface area contributed by atoms with E-state index in [0.717, 1.165) is 5.75 Å². The van der Waals surface area contributed by atoms with Crippen molar-refractivity contribution in [2.75, 3.05) is 18.6 Å². The highest BCUT2D eigenvalue weighted by Crippen LogP contribution is 2.03. The first-order chi connectivity index (χ1) is 8.01. The van der Waals surface area contributed by atoms with E-state index in [1.807, 2.05) is 6.26 Å². The Morgan fingerprint density at radius 2 is 2.12 bits per heavy atom. The van der Waals surface area contributed by atoms with Crippen LogP contribution in [-0.2, 0) is 14.3 Å².